The average Bonchev–Trinajstić information content (AvgIpc) is 3.25. The first-order valence-electron chi connectivity index (χ1n) is 11.2. The molecule has 1 aliphatic heterocycles. The van der Waals surface area contributed by atoms with Gasteiger partial charge in [-0.2, -0.15) is 0 Å². The van der Waals surface area contributed by atoms with Gasteiger partial charge in [0, 0.05) is 36.1 Å². The van der Waals surface area contributed by atoms with E-state index in [2.05, 4.69) is 29.2 Å². The Labute approximate surface area is 182 Å². The van der Waals surface area contributed by atoms with Gasteiger partial charge in [0.15, 0.2) is 0 Å². The molecule has 1 aromatic carbocycles. The Morgan fingerprint density at radius 1 is 1.06 bits per heavy atom. The molecular weight excluding hydrogens is 386 g/mol. The van der Waals surface area contributed by atoms with Crippen LogP contribution >= 0.6 is 0 Å². The Morgan fingerprint density at radius 3 is 2.74 bits per heavy atom. The number of likely N-dealkylation sites (tertiary alicyclic amines) is 1. The van der Waals surface area contributed by atoms with Gasteiger partial charge in [0.25, 0.3) is 11.5 Å². The molecule has 1 aliphatic carbocycles. The Balaban J connectivity index is 1.41. The number of piperidine rings is 1. The van der Waals surface area contributed by atoms with Crippen LogP contribution in [0.25, 0.3) is 11.1 Å². The second-order valence-corrected chi connectivity index (χ2v) is 8.75. The molecular formula is C26H27N3O2. The normalized spacial score (nSPS) is 18.1. The SMILES string of the molecule is Cc1cc(-c2ccccc2)cc([C@@H]2CCCN(C(=O)c3cc4c([nH]c3=O)CCC4)C2)n1. The van der Waals surface area contributed by atoms with Crippen LogP contribution < -0.4 is 5.56 Å². The molecule has 158 valence electrons. The maximum Gasteiger partial charge on any atom is 0.261 e. The van der Waals surface area contributed by atoms with Crippen LogP contribution in [0.15, 0.2) is 53.3 Å². The smallest absolute Gasteiger partial charge is 0.261 e. The number of amides is 1. The van der Waals surface area contributed by atoms with Crippen LogP contribution in [0, 0.1) is 6.92 Å². The van der Waals surface area contributed by atoms with Crippen molar-refractivity contribution in [2.75, 3.05) is 13.1 Å². The maximum atomic E-state index is 13.2. The van der Waals surface area contributed by atoms with E-state index in [-0.39, 0.29) is 22.9 Å². The molecule has 3 aromatic rings. The highest BCUT2D eigenvalue weighted by molar-refractivity contribution is 5.94. The van der Waals surface area contributed by atoms with Crippen LogP contribution in [-0.4, -0.2) is 33.9 Å². The maximum absolute atomic E-state index is 13.2. The number of nitrogens with one attached hydrogen (secondary N) is 1. The van der Waals surface area contributed by atoms with Crippen molar-refractivity contribution < 1.29 is 4.79 Å². The average molecular weight is 414 g/mol. The fourth-order valence-corrected chi connectivity index (χ4v) is 4.95. The number of nitrogens with zero attached hydrogens (tertiary/aromatic N) is 2. The summed E-state index contributed by atoms with van der Waals surface area (Å²) < 4.78 is 0. The van der Waals surface area contributed by atoms with Gasteiger partial charge in [0.1, 0.15) is 5.56 Å². The highest BCUT2D eigenvalue weighted by Gasteiger charge is 2.29. The van der Waals surface area contributed by atoms with Gasteiger partial charge in [-0.05, 0) is 73.9 Å². The highest BCUT2D eigenvalue weighted by Crippen LogP contribution is 2.30. The number of carbonyl (C=O) groups excluding carboxylic acids is 1. The van der Waals surface area contributed by atoms with E-state index >= 15 is 0 Å². The molecule has 0 saturated carbocycles. The molecule has 2 aromatic heterocycles. The summed E-state index contributed by atoms with van der Waals surface area (Å²) in [4.78, 5) is 35.4. The zero-order valence-corrected chi connectivity index (χ0v) is 17.9. The highest BCUT2D eigenvalue weighted by atomic mass is 16.2. The van der Waals surface area contributed by atoms with Gasteiger partial charge < -0.3 is 9.88 Å². The van der Waals surface area contributed by atoms with Gasteiger partial charge in [-0.25, -0.2) is 0 Å². The van der Waals surface area contributed by atoms with Crippen LogP contribution in [0.2, 0.25) is 0 Å². The summed E-state index contributed by atoms with van der Waals surface area (Å²) in [6, 6.07) is 16.4. The van der Waals surface area contributed by atoms with Crippen LogP contribution in [0.4, 0.5) is 0 Å². The summed E-state index contributed by atoms with van der Waals surface area (Å²) in [5.74, 6) is 0.0187. The molecule has 0 radical (unpaired) electrons. The molecule has 0 bridgehead atoms. The van der Waals surface area contributed by atoms with Crippen molar-refractivity contribution >= 4 is 5.91 Å². The topological polar surface area (TPSA) is 66.1 Å². The third-order valence-corrected chi connectivity index (χ3v) is 6.53. The van der Waals surface area contributed by atoms with E-state index in [1.54, 1.807) is 0 Å². The van der Waals surface area contributed by atoms with Crippen molar-refractivity contribution in [2.45, 2.75) is 44.9 Å². The largest absolute Gasteiger partial charge is 0.338 e. The monoisotopic (exact) mass is 413 g/mol. The molecule has 0 unspecified atom stereocenters. The number of aromatic nitrogens is 2. The molecule has 1 atom stereocenters. The summed E-state index contributed by atoms with van der Waals surface area (Å²) >= 11 is 0. The number of benzene rings is 1. The van der Waals surface area contributed by atoms with Crippen molar-refractivity contribution in [3.8, 4) is 11.1 Å². The van der Waals surface area contributed by atoms with E-state index in [4.69, 9.17) is 4.98 Å². The number of hydrogen-bond acceptors (Lipinski definition) is 3. The lowest BCUT2D eigenvalue weighted by molar-refractivity contribution is 0.0704. The predicted molar refractivity (Wildman–Crippen MR) is 121 cm³/mol. The van der Waals surface area contributed by atoms with Gasteiger partial charge in [-0.3, -0.25) is 14.6 Å². The summed E-state index contributed by atoms with van der Waals surface area (Å²) in [6.45, 7) is 3.30. The number of aryl methyl sites for hydroxylation is 3. The van der Waals surface area contributed by atoms with Gasteiger partial charge in [0.2, 0.25) is 0 Å². The number of hydrogen-bond donors (Lipinski definition) is 1. The first kappa shape index (κ1) is 19.7. The van der Waals surface area contributed by atoms with Crippen molar-refractivity contribution in [3.05, 3.63) is 87.1 Å². The number of aromatic amines is 1. The van der Waals surface area contributed by atoms with Crippen molar-refractivity contribution in [3.63, 3.8) is 0 Å². The summed E-state index contributed by atoms with van der Waals surface area (Å²) in [6.07, 6.45) is 4.78. The minimum absolute atomic E-state index is 0.156. The zero-order chi connectivity index (χ0) is 21.4. The van der Waals surface area contributed by atoms with Crippen molar-refractivity contribution in [2.24, 2.45) is 0 Å². The number of rotatable bonds is 3. The lowest BCUT2D eigenvalue weighted by atomic mass is 9.92. The fraction of sp³-hybridized carbons (Fsp3) is 0.346. The van der Waals surface area contributed by atoms with E-state index in [1.165, 1.54) is 5.56 Å². The zero-order valence-electron chi connectivity index (χ0n) is 17.9. The van der Waals surface area contributed by atoms with E-state index < -0.39 is 0 Å². The lowest BCUT2D eigenvalue weighted by Gasteiger charge is -2.32. The number of fused-ring (bicyclic) bond motifs is 1. The van der Waals surface area contributed by atoms with Crippen molar-refractivity contribution in [1.82, 2.24) is 14.9 Å². The Morgan fingerprint density at radius 2 is 1.90 bits per heavy atom. The Kier molecular flexibility index (Phi) is 5.18. The standard InChI is InChI=1S/C26H27N3O2/c1-17-13-21(18-7-3-2-4-8-18)15-24(27-17)20-10-6-12-29(16-20)26(31)22-14-19-9-5-11-23(19)28-25(22)30/h2-4,7-8,13-15,20H,5-6,9-12,16H2,1H3,(H,28,30)/t20-/m1/s1. The van der Waals surface area contributed by atoms with Crippen LogP contribution in [0.1, 0.15) is 58.2 Å². The second kappa shape index (κ2) is 8.14. The summed E-state index contributed by atoms with van der Waals surface area (Å²) in [5.41, 5.74) is 6.47. The minimum Gasteiger partial charge on any atom is -0.338 e. The first-order chi connectivity index (χ1) is 15.1. The molecule has 5 heteroatoms. The quantitative estimate of drug-likeness (QED) is 0.698. The Bertz CT molecular complexity index is 1180. The van der Waals surface area contributed by atoms with Gasteiger partial charge in [-0.1, -0.05) is 30.3 Å². The molecule has 3 heterocycles. The number of pyridine rings is 2. The van der Waals surface area contributed by atoms with Gasteiger partial charge in [-0.15, -0.1) is 0 Å². The number of carbonyl (C=O) groups is 1. The number of H-pyrrole nitrogens is 1. The van der Waals surface area contributed by atoms with Gasteiger partial charge >= 0.3 is 0 Å². The molecule has 1 saturated heterocycles. The first-order valence-corrected chi connectivity index (χ1v) is 11.2. The van der Waals surface area contributed by atoms with E-state index in [0.717, 1.165) is 60.3 Å². The molecule has 1 amide bonds. The van der Waals surface area contributed by atoms with Gasteiger partial charge in [0.05, 0.1) is 0 Å². The molecule has 0 spiro atoms. The third-order valence-electron chi connectivity index (χ3n) is 6.53. The van der Waals surface area contributed by atoms with Crippen LogP contribution in [0.3, 0.4) is 0 Å². The minimum atomic E-state index is -0.257. The molecule has 5 nitrogen and oxygen atoms in total. The van der Waals surface area contributed by atoms with E-state index in [9.17, 15) is 9.59 Å². The van der Waals surface area contributed by atoms with Crippen molar-refractivity contribution in [1.29, 1.82) is 0 Å². The lowest BCUT2D eigenvalue weighted by Crippen LogP contribution is -2.41. The van der Waals surface area contributed by atoms with E-state index in [0.29, 0.717) is 13.1 Å². The molecule has 31 heavy (non-hydrogen) atoms. The predicted octanol–water partition coefficient (Wildman–Crippen LogP) is 4.25. The Hall–Kier alpha value is -3.21. The molecule has 1 N–H and O–H groups in total. The van der Waals surface area contributed by atoms with Crippen LogP contribution in [0.5, 0.6) is 0 Å². The molecule has 2 aliphatic rings. The third kappa shape index (κ3) is 3.92. The molecule has 1 fully saturated rings. The summed E-state index contributed by atoms with van der Waals surface area (Å²) in [5, 5.41) is 0. The fourth-order valence-electron chi connectivity index (χ4n) is 4.95. The summed E-state index contributed by atoms with van der Waals surface area (Å²) in [7, 11) is 0. The second-order valence-electron chi connectivity index (χ2n) is 8.75. The van der Waals surface area contributed by atoms with Crippen LogP contribution in [-0.2, 0) is 12.8 Å². The van der Waals surface area contributed by atoms with E-state index in [1.807, 2.05) is 36.1 Å². The molecule has 5 rings (SSSR count).